The van der Waals surface area contributed by atoms with Crippen LogP contribution in [0, 0.1) is 0 Å². The molecule has 1 aromatic heterocycles. The van der Waals surface area contributed by atoms with E-state index in [-0.39, 0.29) is 18.1 Å². The van der Waals surface area contributed by atoms with Crippen LogP contribution in [0.1, 0.15) is 42.0 Å². The van der Waals surface area contributed by atoms with Crippen LogP contribution in [0.3, 0.4) is 0 Å². The van der Waals surface area contributed by atoms with Gasteiger partial charge in [0.2, 0.25) is 0 Å². The molecule has 20 heavy (non-hydrogen) atoms. The van der Waals surface area contributed by atoms with Gasteiger partial charge >= 0.3 is 0 Å². The van der Waals surface area contributed by atoms with E-state index < -0.39 is 17.3 Å². The molecule has 7 heteroatoms. The Labute approximate surface area is 119 Å². The van der Waals surface area contributed by atoms with Crippen molar-refractivity contribution in [2.75, 3.05) is 6.54 Å². The number of aliphatic hydroxyl groups is 1. The van der Waals surface area contributed by atoms with Crippen molar-refractivity contribution in [1.82, 2.24) is 5.32 Å². The molecule has 1 saturated carbocycles. The summed E-state index contributed by atoms with van der Waals surface area (Å²) >= 11 is 0.444. The number of nitrogens with one attached hydrogen (secondary N) is 1. The second-order valence-corrected chi connectivity index (χ2v) is 5.93. The molecule has 4 nitrogen and oxygen atoms in total. The topological polar surface area (TPSA) is 62.5 Å². The zero-order valence-corrected chi connectivity index (χ0v) is 11.7. The van der Waals surface area contributed by atoms with E-state index in [9.17, 15) is 18.7 Å². The van der Waals surface area contributed by atoms with Gasteiger partial charge in [-0.1, -0.05) is 24.6 Å². The molecule has 1 aliphatic carbocycles. The minimum absolute atomic E-state index is 0.0227. The first kappa shape index (κ1) is 15.3. The summed E-state index contributed by atoms with van der Waals surface area (Å²) in [5.41, 5.74) is -0.823. The second kappa shape index (κ2) is 6.58. The molecule has 0 spiro atoms. The lowest BCUT2D eigenvalue weighted by atomic mass is 10.0. The van der Waals surface area contributed by atoms with Crippen LogP contribution < -0.4 is 5.32 Å². The maximum atomic E-state index is 12.0. The summed E-state index contributed by atoms with van der Waals surface area (Å²) in [5, 5.41) is 12.7. The van der Waals surface area contributed by atoms with Gasteiger partial charge < -0.3 is 14.8 Å². The van der Waals surface area contributed by atoms with Crippen molar-refractivity contribution in [1.29, 1.82) is 0 Å². The maximum absolute atomic E-state index is 12.0. The third-order valence-corrected chi connectivity index (χ3v) is 4.05. The standard InChI is InChI=1S/C13H17F2NO3S/c14-12(15)20-7-9-3-4-10(19-9)11(17)16-8-13(18)5-1-2-6-13/h3-4,12,18H,1-2,5-8H2,(H,16,17). The van der Waals surface area contributed by atoms with Crippen LogP contribution in [0.15, 0.2) is 16.5 Å². The highest BCUT2D eigenvalue weighted by molar-refractivity contribution is 7.98. The first-order valence-corrected chi connectivity index (χ1v) is 7.52. The molecule has 0 bridgehead atoms. The van der Waals surface area contributed by atoms with Crippen molar-refractivity contribution in [3.63, 3.8) is 0 Å². The zero-order chi connectivity index (χ0) is 14.6. The van der Waals surface area contributed by atoms with E-state index in [0.29, 0.717) is 30.4 Å². The second-order valence-electron chi connectivity index (χ2n) is 4.95. The molecule has 1 fully saturated rings. The van der Waals surface area contributed by atoms with E-state index in [1.54, 1.807) is 0 Å². The molecule has 1 amide bonds. The number of furan rings is 1. The lowest BCUT2D eigenvalue weighted by Gasteiger charge is -2.21. The Morgan fingerprint density at radius 3 is 2.80 bits per heavy atom. The quantitative estimate of drug-likeness (QED) is 0.848. The summed E-state index contributed by atoms with van der Waals surface area (Å²) in [6.07, 6.45) is 3.29. The van der Waals surface area contributed by atoms with E-state index >= 15 is 0 Å². The van der Waals surface area contributed by atoms with Crippen molar-refractivity contribution in [2.45, 2.75) is 42.8 Å². The molecule has 2 N–H and O–H groups in total. The Kier molecular flexibility index (Phi) is 5.04. The van der Waals surface area contributed by atoms with Gasteiger partial charge in [-0.05, 0) is 25.0 Å². The number of amides is 1. The van der Waals surface area contributed by atoms with Gasteiger partial charge in [-0.3, -0.25) is 4.79 Å². The summed E-state index contributed by atoms with van der Waals surface area (Å²) in [6.45, 7) is 0.188. The summed E-state index contributed by atoms with van der Waals surface area (Å²) in [5.74, 6) is -2.46. The summed E-state index contributed by atoms with van der Waals surface area (Å²) in [6, 6.07) is 2.96. The molecule has 112 valence electrons. The smallest absolute Gasteiger partial charge is 0.287 e. The average molecular weight is 305 g/mol. The number of halogens is 2. The lowest BCUT2D eigenvalue weighted by molar-refractivity contribution is 0.0443. The molecule has 0 radical (unpaired) electrons. The van der Waals surface area contributed by atoms with Crippen molar-refractivity contribution < 1.29 is 23.1 Å². The van der Waals surface area contributed by atoms with Crippen LogP contribution in [0.5, 0.6) is 0 Å². The SMILES string of the molecule is O=C(NCC1(O)CCCC1)c1ccc(CSC(F)F)o1. The molecule has 0 saturated heterocycles. The van der Waals surface area contributed by atoms with Gasteiger partial charge in [0, 0.05) is 6.54 Å². The number of carbonyl (C=O) groups is 1. The number of hydrogen-bond acceptors (Lipinski definition) is 4. The zero-order valence-electron chi connectivity index (χ0n) is 10.9. The molecule has 1 aromatic rings. The fourth-order valence-electron chi connectivity index (χ4n) is 2.26. The van der Waals surface area contributed by atoms with Gasteiger partial charge in [0.25, 0.3) is 11.7 Å². The summed E-state index contributed by atoms with van der Waals surface area (Å²) in [7, 11) is 0. The number of rotatable bonds is 6. The monoisotopic (exact) mass is 305 g/mol. The third-order valence-electron chi connectivity index (χ3n) is 3.35. The Morgan fingerprint density at radius 2 is 2.15 bits per heavy atom. The molecule has 0 unspecified atom stereocenters. The number of carbonyl (C=O) groups excluding carboxylic acids is 1. The lowest BCUT2D eigenvalue weighted by Crippen LogP contribution is -2.40. The first-order chi connectivity index (χ1) is 9.48. The molecule has 0 aliphatic heterocycles. The van der Waals surface area contributed by atoms with E-state index in [1.165, 1.54) is 12.1 Å². The Bertz CT molecular complexity index is 458. The highest BCUT2D eigenvalue weighted by Crippen LogP contribution is 2.28. The third kappa shape index (κ3) is 4.21. The van der Waals surface area contributed by atoms with Gasteiger partial charge in [-0.15, -0.1) is 0 Å². The van der Waals surface area contributed by atoms with Crippen LogP contribution in [-0.4, -0.2) is 28.9 Å². The van der Waals surface area contributed by atoms with E-state index in [2.05, 4.69) is 5.32 Å². The van der Waals surface area contributed by atoms with Gasteiger partial charge in [-0.2, -0.15) is 8.78 Å². The van der Waals surface area contributed by atoms with Crippen LogP contribution in [0.2, 0.25) is 0 Å². The molecule has 1 heterocycles. The fourth-order valence-corrected chi connectivity index (χ4v) is 2.71. The van der Waals surface area contributed by atoms with Crippen LogP contribution >= 0.6 is 11.8 Å². The van der Waals surface area contributed by atoms with E-state index in [4.69, 9.17) is 4.42 Å². The van der Waals surface area contributed by atoms with Crippen molar-refractivity contribution in [2.24, 2.45) is 0 Å². The Morgan fingerprint density at radius 1 is 1.45 bits per heavy atom. The molecule has 0 atom stereocenters. The number of alkyl halides is 2. The first-order valence-electron chi connectivity index (χ1n) is 6.48. The molecule has 2 rings (SSSR count). The van der Waals surface area contributed by atoms with Gasteiger partial charge in [0.15, 0.2) is 5.76 Å². The van der Waals surface area contributed by atoms with Crippen molar-refractivity contribution in [3.8, 4) is 0 Å². The van der Waals surface area contributed by atoms with Gasteiger partial charge in [0.1, 0.15) is 5.76 Å². The molecule has 0 aromatic carbocycles. The fraction of sp³-hybridized carbons (Fsp3) is 0.615. The normalized spacial score (nSPS) is 17.6. The van der Waals surface area contributed by atoms with Crippen LogP contribution in [0.25, 0.3) is 0 Å². The minimum Gasteiger partial charge on any atom is -0.455 e. The number of thioether (sulfide) groups is 1. The Balaban J connectivity index is 1.83. The summed E-state index contributed by atoms with van der Waals surface area (Å²) < 4.78 is 29.3. The predicted molar refractivity (Wildman–Crippen MR) is 71.8 cm³/mol. The average Bonchev–Trinajstić information content (AvgIpc) is 3.03. The number of hydrogen-bond donors (Lipinski definition) is 2. The van der Waals surface area contributed by atoms with E-state index in [0.717, 1.165) is 12.8 Å². The highest BCUT2D eigenvalue weighted by atomic mass is 32.2. The molecule has 1 aliphatic rings. The van der Waals surface area contributed by atoms with Crippen molar-refractivity contribution >= 4 is 17.7 Å². The predicted octanol–water partition coefficient (Wildman–Crippen LogP) is 2.77. The highest BCUT2D eigenvalue weighted by Gasteiger charge is 2.31. The van der Waals surface area contributed by atoms with Crippen LogP contribution in [0.4, 0.5) is 8.78 Å². The minimum atomic E-state index is -2.46. The Hall–Kier alpha value is -1.08. The van der Waals surface area contributed by atoms with Gasteiger partial charge in [-0.25, -0.2) is 0 Å². The maximum Gasteiger partial charge on any atom is 0.287 e. The van der Waals surface area contributed by atoms with E-state index in [1.807, 2.05) is 0 Å². The molecular weight excluding hydrogens is 288 g/mol. The van der Waals surface area contributed by atoms with Crippen LogP contribution in [-0.2, 0) is 5.75 Å². The van der Waals surface area contributed by atoms with Gasteiger partial charge in [0.05, 0.1) is 11.4 Å². The molecular formula is C13H17F2NO3S. The summed E-state index contributed by atoms with van der Waals surface area (Å²) in [4.78, 5) is 11.8. The van der Waals surface area contributed by atoms with Crippen molar-refractivity contribution in [3.05, 3.63) is 23.7 Å². The largest absolute Gasteiger partial charge is 0.455 e.